The van der Waals surface area contributed by atoms with Crippen LogP contribution in [0.1, 0.15) is 83.5 Å². The van der Waals surface area contributed by atoms with Gasteiger partial charge < -0.3 is 23.8 Å². The zero-order valence-electron chi connectivity index (χ0n) is 25.4. The summed E-state index contributed by atoms with van der Waals surface area (Å²) in [6.07, 6.45) is 3.93. The molecule has 8 heteroatoms. The first kappa shape index (κ1) is 32.0. The lowest BCUT2D eigenvalue weighted by atomic mass is 9.84. The number of nitrogens with zero attached hydrogens (tertiary/aromatic N) is 1. The van der Waals surface area contributed by atoms with Crippen LogP contribution in [-0.4, -0.2) is 56.0 Å². The third kappa shape index (κ3) is 8.24. The van der Waals surface area contributed by atoms with Gasteiger partial charge in [0.1, 0.15) is 17.9 Å². The Bertz CT molecular complexity index is 1190. The minimum Gasteiger partial charge on any atom is -0.494 e. The summed E-state index contributed by atoms with van der Waals surface area (Å²) in [7, 11) is 3.19. The zero-order valence-corrected chi connectivity index (χ0v) is 25.4. The molecule has 2 aromatic carbocycles. The average molecular weight is 568 g/mol. The fourth-order valence-corrected chi connectivity index (χ4v) is 4.87. The van der Waals surface area contributed by atoms with Crippen LogP contribution in [0.15, 0.2) is 42.5 Å². The Hall–Kier alpha value is -3.55. The molecule has 0 radical (unpaired) electrons. The first-order valence-corrected chi connectivity index (χ1v) is 14.6. The number of Topliss-reactive ketones (excluding diaryl/α,β-unsaturated/α-hetero) is 1. The maximum atomic E-state index is 13.7. The number of methoxy groups -OCH3 is 2. The average Bonchev–Trinajstić information content (AvgIpc) is 3.00. The molecule has 8 nitrogen and oxygen atoms in total. The van der Waals surface area contributed by atoms with Crippen LogP contribution in [0.3, 0.4) is 0 Å². The molecule has 2 atom stereocenters. The minimum absolute atomic E-state index is 0.362. The molecule has 1 heterocycles. The summed E-state index contributed by atoms with van der Waals surface area (Å²) in [6, 6.07) is 12.5. The van der Waals surface area contributed by atoms with Crippen molar-refractivity contribution >= 4 is 17.7 Å². The van der Waals surface area contributed by atoms with Crippen molar-refractivity contribution in [2.24, 2.45) is 5.41 Å². The number of carbonyl (C=O) groups is 3. The predicted molar refractivity (Wildman–Crippen MR) is 157 cm³/mol. The quantitative estimate of drug-likeness (QED) is 0.201. The van der Waals surface area contributed by atoms with Gasteiger partial charge in [-0.2, -0.15) is 0 Å². The van der Waals surface area contributed by atoms with E-state index in [-0.39, 0.29) is 0 Å². The Balaban J connectivity index is 1.85. The standard InChI is InChI=1S/C33H45NO7/c1-7-20-40-25-13-11-12-24(22-25)27(17-15-23-16-18-28(38-5)29(21-23)39-6)41-32(37)26-14-9-10-19-34(26)31(36)30(35)33(3,4)8-2/h11-13,16,18,21-22,26-27H,7-10,14-15,17,19-20H2,1-6H3. The fraction of sp³-hybridized carbons (Fsp3) is 0.545. The van der Waals surface area contributed by atoms with Gasteiger partial charge in [-0.25, -0.2) is 4.79 Å². The van der Waals surface area contributed by atoms with E-state index in [1.165, 1.54) is 4.90 Å². The molecule has 1 fully saturated rings. The molecule has 0 saturated carbocycles. The molecule has 0 N–H and O–H groups in total. The van der Waals surface area contributed by atoms with Crippen LogP contribution in [0.25, 0.3) is 0 Å². The van der Waals surface area contributed by atoms with Crippen LogP contribution in [0.4, 0.5) is 0 Å². The summed E-state index contributed by atoms with van der Waals surface area (Å²) in [4.78, 5) is 41.4. The number of rotatable bonds is 14. The van der Waals surface area contributed by atoms with Gasteiger partial charge in [0.25, 0.3) is 5.91 Å². The number of hydrogen-bond donors (Lipinski definition) is 0. The summed E-state index contributed by atoms with van der Waals surface area (Å²) in [6.45, 7) is 8.40. The fourth-order valence-electron chi connectivity index (χ4n) is 4.87. The van der Waals surface area contributed by atoms with E-state index in [1.807, 2.05) is 56.3 Å². The molecular formula is C33H45NO7. The molecule has 1 saturated heterocycles. The highest BCUT2D eigenvalue weighted by molar-refractivity contribution is 6.38. The summed E-state index contributed by atoms with van der Waals surface area (Å²) < 4.78 is 22.8. The monoisotopic (exact) mass is 567 g/mol. The molecule has 2 aromatic rings. The Morgan fingerprint density at radius 1 is 1.00 bits per heavy atom. The Morgan fingerprint density at radius 3 is 2.44 bits per heavy atom. The largest absolute Gasteiger partial charge is 0.494 e. The molecule has 224 valence electrons. The number of hydrogen-bond acceptors (Lipinski definition) is 7. The van der Waals surface area contributed by atoms with Crippen molar-refractivity contribution in [2.75, 3.05) is 27.4 Å². The second kappa shape index (κ2) is 14.9. The minimum atomic E-state index is -0.795. The normalized spacial score (nSPS) is 16.0. The number of ketones is 1. The number of likely N-dealkylation sites (tertiary alicyclic amines) is 1. The van der Waals surface area contributed by atoms with Crippen LogP contribution in [0.5, 0.6) is 17.2 Å². The van der Waals surface area contributed by atoms with Gasteiger partial charge in [0.15, 0.2) is 11.5 Å². The third-order valence-corrected chi connectivity index (χ3v) is 7.83. The molecule has 2 unspecified atom stereocenters. The maximum Gasteiger partial charge on any atom is 0.329 e. The Labute approximate surface area is 244 Å². The molecular weight excluding hydrogens is 522 g/mol. The SMILES string of the molecule is CCCOc1cccc(C(CCc2ccc(OC)c(OC)c2)OC(=O)C2CCCCN2C(=O)C(=O)C(C)(C)CC)c1. The van der Waals surface area contributed by atoms with Gasteiger partial charge in [0, 0.05) is 12.0 Å². The third-order valence-electron chi connectivity index (χ3n) is 7.83. The molecule has 41 heavy (non-hydrogen) atoms. The molecule has 1 amide bonds. The lowest BCUT2D eigenvalue weighted by molar-refractivity contribution is -0.164. The highest BCUT2D eigenvalue weighted by Crippen LogP contribution is 2.32. The van der Waals surface area contributed by atoms with Crippen molar-refractivity contribution in [3.8, 4) is 17.2 Å². The van der Waals surface area contributed by atoms with E-state index in [9.17, 15) is 14.4 Å². The van der Waals surface area contributed by atoms with Gasteiger partial charge in [-0.1, -0.05) is 45.9 Å². The van der Waals surface area contributed by atoms with E-state index in [0.717, 1.165) is 30.4 Å². The van der Waals surface area contributed by atoms with E-state index in [0.29, 0.717) is 56.1 Å². The molecule has 3 rings (SSSR count). The van der Waals surface area contributed by atoms with Crippen LogP contribution in [0.2, 0.25) is 0 Å². The highest BCUT2D eigenvalue weighted by atomic mass is 16.5. The molecule has 0 aliphatic carbocycles. The van der Waals surface area contributed by atoms with Crippen molar-refractivity contribution in [2.45, 2.75) is 84.8 Å². The lowest BCUT2D eigenvalue weighted by Gasteiger charge is -2.36. The van der Waals surface area contributed by atoms with Gasteiger partial charge in [0.05, 0.1) is 20.8 Å². The molecule has 1 aliphatic rings. The number of piperidine rings is 1. The number of carbonyl (C=O) groups excluding carboxylic acids is 3. The van der Waals surface area contributed by atoms with E-state index in [1.54, 1.807) is 28.1 Å². The number of aryl methyl sites for hydroxylation is 1. The van der Waals surface area contributed by atoms with Crippen LogP contribution in [0, 0.1) is 5.41 Å². The summed E-state index contributed by atoms with van der Waals surface area (Å²) >= 11 is 0. The number of benzene rings is 2. The van der Waals surface area contributed by atoms with Gasteiger partial charge in [-0.05, 0) is 80.3 Å². The van der Waals surface area contributed by atoms with Crippen molar-refractivity contribution < 1.29 is 33.3 Å². The molecule has 1 aliphatic heterocycles. The zero-order chi connectivity index (χ0) is 30.0. The number of esters is 1. The molecule has 0 spiro atoms. The van der Waals surface area contributed by atoms with Crippen molar-refractivity contribution in [1.82, 2.24) is 4.90 Å². The molecule has 0 aromatic heterocycles. The summed E-state index contributed by atoms with van der Waals surface area (Å²) in [5.74, 6) is 0.420. The Morgan fingerprint density at radius 2 is 1.76 bits per heavy atom. The second-order valence-electron chi connectivity index (χ2n) is 11.2. The van der Waals surface area contributed by atoms with Crippen molar-refractivity contribution in [3.05, 3.63) is 53.6 Å². The van der Waals surface area contributed by atoms with Crippen LogP contribution >= 0.6 is 0 Å². The maximum absolute atomic E-state index is 13.7. The van der Waals surface area contributed by atoms with Gasteiger partial charge in [-0.15, -0.1) is 0 Å². The molecule has 0 bridgehead atoms. The van der Waals surface area contributed by atoms with Crippen LogP contribution < -0.4 is 14.2 Å². The smallest absolute Gasteiger partial charge is 0.329 e. The second-order valence-corrected chi connectivity index (χ2v) is 11.2. The highest BCUT2D eigenvalue weighted by Gasteiger charge is 2.41. The lowest BCUT2D eigenvalue weighted by Crippen LogP contribution is -2.53. The summed E-state index contributed by atoms with van der Waals surface area (Å²) in [5, 5.41) is 0. The topological polar surface area (TPSA) is 91.4 Å². The van der Waals surface area contributed by atoms with Crippen molar-refractivity contribution in [3.63, 3.8) is 0 Å². The van der Waals surface area contributed by atoms with E-state index < -0.39 is 35.2 Å². The van der Waals surface area contributed by atoms with Gasteiger partial charge in [-0.3, -0.25) is 9.59 Å². The van der Waals surface area contributed by atoms with E-state index >= 15 is 0 Å². The van der Waals surface area contributed by atoms with Gasteiger partial charge in [0.2, 0.25) is 5.78 Å². The van der Waals surface area contributed by atoms with E-state index in [4.69, 9.17) is 18.9 Å². The van der Waals surface area contributed by atoms with Crippen LogP contribution in [-0.2, 0) is 25.5 Å². The van der Waals surface area contributed by atoms with E-state index in [2.05, 4.69) is 0 Å². The summed E-state index contributed by atoms with van der Waals surface area (Å²) in [5.41, 5.74) is 1.03. The first-order valence-electron chi connectivity index (χ1n) is 14.6. The predicted octanol–water partition coefficient (Wildman–Crippen LogP) is 6.10. The number of ether oxygens (including phenoxy) is 4. The Kier molecular flexibility index (Phi) is 11.6. The van der Waals surface area contributed by atoms with Gasteiger partial charge >= 0.3 is 5.97 Å². The van der Waals surface area contributed by atoms with Crippen molar-refractivity contribution in [1.29, 1.82) is 0 Å². The first-order chi connectivity index (χ1) is 19.6. The number of amides is 1.